The van der Waals surface area contributed by atoms with Crippen LogP contribution >= 0.6 is 0 Å². The van der Waals surface area contributed by atoms with Crippen molar-refractivity contribution in [2.24, 2.45) is 5.92 Å². The maximum Gasteiger partial charge on any atom is 0.0547 e. The highest BCUT2D eigenvalue weighted by atomic mass is 15.1. The summed E-state index contributed by atoms with van der Waals surface area (Å²) in [6, 6.07) is 6.24. The van der Waals surface area contributed by atoms with E-state index in [1.165, 1.54) is 5.69 Å². The lowest BCUT2D eigenvalue weighted by molar-refractivity contribution is 0.237. The number of hydrogen-bond acceptors (Lipinski definition) is 3. The molecule has 0 aliphatic rings. The smallest absolute Gasteiger partial charge is 0.0547 e. The molecular weight excluding hydrogens is 210 g/mol. The van der Waals surface area contributed by atoms with Crippen LogP contribution in [0.5, 0.6) is 0 Å². The van der Waals surface area contributed by atoms with Gasteiger partial charge in [0.25, 0.3) is 0 Å². The van der Waals surface area contributed by atoms with Gasteiger partial charge < -0.3 is 5.32 Å². The highest BCUT2D eigenvalue weighted by Crippen LogP contribution is 2.06. The second kappa shape index (κ2) is 7.41. The van der Waals surface area contributed by atoms with Crippen LogP contribution in [-0.2, 0) is 6.54 Å². The standard InChI is InChI=1S/C14H25N3/c1-5-17(10-12(2)9-15-4)11-14-8-6-7-13(3)16-14/h6-8,12,15H,5,9-11H2,1-4H3. The van der Waals surface area contributed by atoms with E-state index in [0.717, 1.165) is 31.9 Å². The van der Waals surface area contributed by atoms with E-state index < -0.39 is 0 Å². The van der Waals surface area contributed by atoms with Gasteiger partial charge in [-0.15, -0.1) is 0 Å². The molecule has 3 nitrogen and oxygen atoms in total. The Kier molecular flexibility index (Phi) is 6.16. The molecule has 0 saturated carbocycles. The summed E-state index contributed by atoms with van der Waals surface area (Å²) in [7, 11) is 2.01. The Morgan fingerprint density at radius 1 is 1.41 bits per heavy atom. The maximum absolute atomic E-state index is 4.56. The van der Waals surface area contributed by atoms with Crippen LogP contribution in [0.2, 0.25) is 0 Å². The number of aryl methyl sites for hydroxylation is 1. The number of pyridine rings is 1. The third-order valence-corrected chi connectivity index (χ3v) is 2.90. The van der Waals surface area contributed by atoms with E-state index in [4.69, 9.17) is 0 Å². The first-order valence-corrected chi connectivity index (χ1v) is 6.45. The van der Waals surface area contributed by atoms with Crippen molar-refractivity contribution in [2.45, 2.75) is 27.3 Å². The van der Waals surface area contributed by atoms with Gasteiger partial charge in [-0.25, -0.2) is 0 Å². The van der Waals surface area contributed by atoms with Gasteiger partial charge in [-0.3, -0.25) is 9.88 Å². The van der Waals surface area contributed by atoms with E-state index in [2.05, 4.69) is 41.2 Å². The van der Waals surface area contributed by atoms with E-state index in [1.807, 2.05) is 20.0 Å². The predicted octanol–water partition coefficient (Wildman–Crippen LogP) is 2.07. The van der Waals surface area contributed by atoms with Crippen molar-refractivity contribution in [3.63, 3.8) is 0 Å². The number of aromatic nitrogens is 1. The zero-order chi connectivity index (χ0) is 12.7. The highest BCUT2D eigenvalue weighted by Gasteiger charge is 2.09. The molecule has 1 rings (SSSR count). The van der Waals surface area contributed by atoms with E-state index in [9.17, 15) is 0 Å². The van der Waals surface area contributed by atoms with Crippen LogP contribution in [0.15, 0.2) is 18.2 Å². The monoisotopic (exact) mass is 235 g/mol. The Morgan fingerprint density at radius 3 is 2.76 bits per heavy atom. The number of rotatable bonds is 7. The molecule has 96 valence electrons. The molecule has 1 heterocycles. The molecule has 0 radical (unpaired) electrons. The average Bonchev–Trinajstić information content (AvgIpc) is 2.28. The molecule has 0 bridgehead atoms. The molecule has 0 spiro atoms. The zero-order valence-electron chi connectivity index (χ0n) is 11.5. The summed E-state index contributed by atoms with van der Waals surface area (Å²) in [6.07, 6.45) is 0. The Labute approximate surface area is 105 Å². The highest BCUT2D eigenvalue weighted by molar-refractivity contribution is 5.09. The normalized spacial score (nSPS) is 13.0. The number of nitrogens with one attached hydrogen (secondary N) is 1. The van der Waals surface area contributed by atoms with Crippen molar-refractivity contribution in [2.75, 3.05) is 26.7 Å². The molecule has 0 fully saturated rings. The lowest BCUT2D eigenvalue weighted by Crippen LogP contribution is -2.32. The molecule has 17 heavy (non-hydrogen) atoms. The molecule has 0 aliphatic heterocycles. The fraction of sp³-hybridized carbons (Fsp3) is 0.643. The second-order valence-electron chi connectivity index (χ2n) is 4.76. The van der Waals surface area contributed by atoms with Gasteiger partial charge in [-0.1, -0.05) is 19.9 Å². The van der Waals surface area contributed by atoms with Gasteiger partial charge in [0, 0.05) is 18.8 Å². The molecule has 0 aliphatic carbocycles. The van der Waals surface area contributed by atoms with Crippen LogP contribution in [0.25, 0.3) is 0 Å². The van der Waals surface area contributed by atoms with Crippen LogP contribution in [-0.4, -0.2) is 36.6 Å². The van der Waals surface area contributed by atoms with Crippen LogP contribution in [0.1, 0.15) is 25.2 Å². The van der Waals surface area contributed by atoms with Gasteiger partial charge in [0.15, 0.2) is 0 Å². The van der Waals surface area contributed by atoms with Gasteiger partial charge in [-0.05, 0) is 45.1 Å². The van der Waals surface area contributed by atoms with Gasteiger partial charge in [-0.2, -0.15) is 0 Å². The molecule has 1 N–H and O–H groups in total. The maximum atomic E-state index is 4.56. The topological polar surface area (TPSA) is 28.2 Å². The second-order valence-corrected chi connectivity index (χ2v) is 4.76. The SMILES string of the molecule is CCN(Cc1cccc(C)n1)CC(C)CNC. The number of nitrogens with zero attached hydrogens (tertiary/aromatic N) is 2. The Hall–Kier alpha value is -0.930. The van der Waals surface area contributed by atoms with Gasteiger partial charge in [0.1, 0.15) is 0 Å². The summed E-state index contributed by atoms with van der Waals surface area (Å²) in [6.45, 7) is 10.7. The minimum atomic E-state index is 0.671. The molecule has 1 aromatic heterocycles. The summed E-state index contributed by atoms with van der Waals surface area (Å²) in [5.41, 5.74) is 2.27. The van der Waals surface area contributed by atoms with Gasteiger partial charge >= 0.3 is 0 Å². The summed E-state index contributed by atoms with van der Waals surface area (Å²) >= 11 is 0. The fourth-order valence-electron chi connectivity index (χ4n) is 2.08. The van der Waals surface area contributed by atoms with Crippen molar-refractivity contribution in [1.82, 2.24) is 15.2 Å². The zero-order valence-corrected chi connectivity index (χ0v) is 11.5. The molecule has 1 unspecified atom stereocenters. The molecular formula is C14H25N3. The molecule has 3 heteroatoms. The quantitative estimate of drug-likeness (QED) is 0.784. The predicted molar refractivity (Wildman–Crippen MR) is 73.0 cm³/mol. The van der Waals surface area contributed by atoms with E-state index >= 15 is 0 Å². The minimum absolute atomic E-state index is 0.671. The summed E-state index contributed by atoms with van der Waals surface area (Å²) in [5, 5.41) is 3.23. The van der Waals surface area contributed by atoms with E-state index in [-0.39, 0.29) is 0 Å². The summed E-state index contributed by atoms with van der Waals surface area (Å²) in [4.78, 5) is 7.01. The lowest BCUT2D eigenvalue weighted by atomic mass is 10.1. The van der Waals surface area contributed by atoms with Crippen LogP contribution in [0.4, 0.5) is 0 Å². The fourth-order valence-corrected chi connectivity index (χ4v) is 2.08. The Morgan fingerprint density at radius 2 is 2.18 bits per heavy atom. The first-order valence-electron chi connectivity index (χ1n) is 6.45. The molecule has 0 saturated heterocycles. The third-order valence-electron chi connectivity index (χ3n) is 2.90. The van der Waals surface area contributed by atoms with Crippen molar-refractivity contribution >= 4 is 0 Å². The largest absolute Gasteiger partial charge is 0.319 e. The van der Waals surface area contributed by atoms with Crippen LogP contribution in [0, 0.1) is 12.8 Å². The average molecular weight is 235 g/mol. The summed E-state index contributed by atoms with van der Waals surface area (Å²) in [5.74, 6) is 0.671. The first-order chi connectivity index (χ1) is 8.15. The Balaban J connectivity index is 2.51. The van der Waals surface area contributed by atoms with Crippen LogP contribution in [0.3, 0.4) is 0 Å². The van der Waals surface area contributed by atoms with Crippen molar-refractivity contribution in [3.8, 4) is 0 Å². The molecule has 0 amide bonds. The molecule has 1 aromatic rings. The Bertz CT molecular complexity index is 325. The van der Waals surface area contributed by atoms with E-state index in [0.29, 0.717) is 5.92 Å². The van der Waals surface area contributed by atoms with Gasteiger partial charge in [0.2, 0.25) is 0 Å². The molecule has 1 atom stereocenters. The van der Waals surface area contributed by atoms with Crippen LogP contribution < -0.4 is 5.32 Å². The molecule has 0 aromatic carbocycles. The first kappa shape index (κ1) is 14.1. The van der Waals surface area contributed by atoms with E-state index in [1.54, 1.807) is 0 Å². The minimum Gasteiger partial charge on any atom is -0.319 e. The van der Waals surface area contributed by atoms with Crippen molar-refractivity contribution < 1.29 is 0 Å². The van der Waals surface area contributed by atoms with Crippen molar-refractivity contribution in [3.05, 3.63) is 29.6 Å². The van der Waals surface area contributed by atoms with Crippen molar-refractivity contribution in [1.29, 1.82) is 0 Å². The third kappa shape index (κ3) is 5.29. The lowest BCUT2D eigenvalue weighted by Gasteiger charge is -2.24. The number of hydrogen-bond donors (Lipinski definition) is 1. The summed E-state index contributed by atoms with van der Waals surface area (Å²) < 4.78 is 0. The van der Waals surface area contributed by atoms with Gasteiger partial charge in [0.05, 0.1) is 5.69 Å².